The number of nitrogens with one attached hydrogen (secondary N) is 1. The molecule has 2 nitrogen and oxygen atoms in total. The standard InChI is InChI=1S/C17H19F3N2/c1-16(9-5-2-6-10-16)22-14-11-15(17(18,19)20)21-13-8-4-3-7-12(13)14/h3-4,7-8,11H,2,5-6,9-10H2,1H3,(H,21,22). The van der Waals surface area contributed by atoms with Crippen LogP contribution in [0.5, 0.6) is 0 Å². The topological polar surface area (TPSA) is 24.9 Å². The smallest absolute Gasteiger partial charge is 0.379 e. The Bertz CT molecular complexity index is 673. The predicted molar refractivity (Wildman–Crippen MR) is 81.9 cm³/mol. The Morgan fingerprint density at radius 1 is 1.09 bits per heavy atom. The van der Waals surface area contributed by atoms with E-state index in [-0.39, 0.29) is 5.54 Å². The van der Waals surface area contributed by atoms with Crippen molar-refractivity contribution in [3.63, 3.8) is 0 Å². The lowest BCUT2D eigenvalue weighted by Gasteiger charge is -2.36. The van der Waals surface area contributed by atoms with Gasteiger partial charge in [0.05, 0.1) is 5.52 Å². The number of anilines is 1. The zero-order valence-electron chi connectivity index (χ0n) is 12.5. The van der Waals surface area contributed by atoms with Gasteiger partial charge in [-0.3, -0.25) is 0 Å². The van der Waals surface area contributed by atoms with E-state index < -0.39 is 11.9 Å². The highest BCUT2D eigenvalue weighted by Gasteiger charge is 2.34. The number of benzene rings is 1. The molecule has 0 unspecified atom stereocenters. The van der Waals surface area contributed by atoms with Crippen molar-refractivity contribution in [2.24, 2.45) is 0 Å². The molecule has 1 aliphatic rings. The van der Waals surface area contributed by atoms with Crippen molar-refractivity contribution in [3.05, 3.63) is 36.0 Å². The van der Waals surface area contributed by atoms with Crippen LogP contribution in [-0.2, 0) is 6.18 Å². The van der Waals surface area contributed by atoms with Gasteiger partial charge in [-0.2, -0.15) is 13.2 Å². The quantitative estimate of drug-likeness (QED) is 0.804. The second-order valence-electron chi connectivity index (χ2n) is 6.32. The minimum Gasteiger partial charge on any atom is -0.379 e. The molecule has 1 aliphatic carbocycles. The molecule has 1 saturated carbocycles. The van der Waals surface area contributed by atoms with Crippen LogP contribution >= 0.6 is 0 Å². The van der Waals surface area contributed by atoms with Crippen LogP contribution in [0.25, 0.3) is 10.9 Å². The third-order valence-corrected chi connectivity index (χ3v) is 4.40. The molecule has 2 aromatic rings. The van der Waals surface area contributed by atoms with Gasteiger partial charge in [-0.1, -0.05) is 37.5 Å². The van der Waals surface area contributed by atoms with E-state index in [0.29, 0.717) is 11.2 Å². The molecule has 1 aromatic carbocycles. The van der Waals surface area contributed by atoms with Crippen LogP contribution in [0.3, 0.4) is 0 Å². The van der Waals surface area contributed by atoms with Crippen LogP contribution in [0, 0.1) is 0 Å². The van der Waals surface area contributed by atoms with E-state index in [9.17, 15) is 13.2 Å². The highest BCUT2D eigenvalue weighted by Crippen LogP contribution is 2.37. The fraction of sp³-hybridized carbons (Fsp3) is 0.471. The number of alkyl halides is 3. The number of fused-ring (bicyclic) bond motifs is 1. The van der Waals surface area contributed by atoms with E-state index >= 15 is 0 Å². The monoisotopic (exact) mass is 308 g/mol. The van der Waals surface area contributed by atoms with Crippen LogP contribution in [-0.4, -0.2) is 10.5 Å². The minimum atomic E-state index is -4.44. The van der Waals surface area contributed by atoms with Crippen molar-refractivity contribution in [3.8, 4) is 0 Å². The number of nitrogens with zero attached hydrogens (tertiary/aromatic N) is 1. The lowest BCUT2D eigenvalue weighted by Crippen LogP contribution is -2.36. The molecule has 1 aromatic heterocycles. The predicted octanol–water partition coefficient (Wildman–Crippen LogP) is 5.39. The van der Waals surface area contributed by atoms with Crippen molar-refractivity contribution in [1.29, 1.82) is 0 Å². The van der Waals surface area contributed by atoms with Crippen LogP contribution in [0.15, 0.2) is 30.3 Å². The summed E-state index contributed by atoms with van der Waals surface area (Å²) < 4.78 is 39.2. The van der Waals surface area contributed by atoms with Crippen LogP contribution in [0.4, 0.5) is 18.9 Å². The molecule has 0 atom stereocenters. The summed E-state index contributed by atoms with van der Waals surface area (Å²) in [6.07, 6.45) is 0.934. The van der Waals surface area contributed by atoms with Gasteiger partial charge in [-0.25, -0.2) is 4.98 Å². The van der Waals surface area contributed by atoms with Crippen LogP contribution < -0.4 is 5.32 Å². The van der Waals surface area contributed by atoms with E-state index in [1.165, 1.54) is 6.42 Å². The first-order valence-electron chi connectivity index (χ1n) is 7.63. The zero-order chi connectivity index (χ0) is 15.8. The van der Waals surface area contributed by atoms with Gasteiger partial charge in [0.15, 0.2) is 0 Å². The summed E-state index contributed by atoms with van der Waals surface area (Å²) >= 11 is 0. The molecule has 118 valence electrons. The fourth-order valence-electron chi connectivity index (χ4n) is 3.21. The summed E-state index contributed by atoms with van der Waals surface area (Å²) in [5.74, 6) is 0. The second kappa shape index (κ2) is 5.45. The molecule has 0 amide bonds. The Balaban J connectivity index is 2.06. The molecule has 0 radical (unpaired) electrons. The number of hydrogen-bond acceptors (Lipinski definition) is 2. The van der Waals surface area contributed by atoms with Gasteiger partial charge < -0.3 is 5.32 Å². The lowest BCUT2D eigenvalue weighted by molar-refractivity contribution is -0.140. The zero-order valence-corrected chi connectivity index (χ0v) is 12.5. The van der Waals surface area contributed by atoms with Crippen molar-refractivity contribution < 1.29 is 13.2 Å². The van der Waals surface area contributed by atoms with Crippen LogP contribution in [0.2, 0.25) is 0 Å². The Labute approximate surface area is 127 Å². The van der Waals surface area contributed by atoms with E-state index in [1.54, 1.807) is 12.1 Å². The van der Waals surface area contributed by atoms with Gasteiger partial charge in [-0.05, 0) is 31.9 Å². The van der Waals surface area contributed by atoms with Crippen molar-refractivity contribution in [1.82, 2.24) is 4.98 Å². The molecule has 22 heavy (non-hydrogen) atoms. The largest absolute Gasteiger partial charge is 0.433 e. The molecule has 1 N–H and O–H groups in total. The average molecular weight is 308 g/mol. The number of para-hydroxylation sites is 1. The Kier molecular flexibility index (Phi) is 3.75. The molecule has 3 rings (SSSR count). The maximum absolute atomic E-state index is 13.1. The Hall–Kier alpha value is -1.78. The van der Waals surface area contributed by atoms with Gasteiger partial charge >= 0.3 is 6.18 Å². The molecular formula is C17H19F3N2. The van der Waals surface area contributed by atoms with Gasteiger partial charge in [0.25, 0.3) is 0 Å². The normalized spacial score (nSPS) is 18.4. The van der Waals surface area contributed by atoms with Crippen LogP contribution in [0.1, 0.15) is 44.7 Å². The number of rotatable bonds is 2. The fourth-order valence-corrected chi connectivity index (χ4v) is 3.21. The SMILES string of the molecule is CC1(Nc2cc(C(F)(F)F)nc3ccccc23)CCCCC1. The Morgan fingerprint density at radius 2 is 1.77 bits per heavy atom. The maximum Gasteiger partial charge on any atom is 0.433 e. The van der Waals surface area contributed by atoms with Gasteiger partial charge in [0.1, 0.15) is 5.69 Å². The summed E-state index contributed by atoms with van der Waals surface area (Å²) in [6, 6.07) is 8.12. The molecule has 0 bridgehead atoms. The lowest BCUT2D eigenvalue weighted by atomic mass is 9.83. The summed E-state index contributed by atoms with van der Waals surface area (Å²) in [5.41, 5.74) is -0.0831. The van der Waals surface area contributed by atoms with Crippen molar-refractivity contribution in [2.45, 2.75) is 50.7 Å². The highest BCUT2D eigenvalue weighted by atomic mass is 19.4. The van der Waals surface area contributed by atoms with E-state index in [4.69, 9.17) is 0 Å². The van der Waals surface area contributed by atoms with Gasteiger partial charge in [0.2, 0.25) is 0 Å². The number of halogens is 3. The second-order valence-corrected chi connectivity index (χ2v) is 6.32. The third-order valence-electron chi connectivity index (χ3n) is 4.40. The average Bonchev–Trinajstić information content (AvgIpc) is 2.46. The molecule has 1 heterocycles. The molecule has 0 aliphatic heterocycles. The van der Waals surface area contributed by atoms with Crippen molar-refractivity contribution in [2.75, 3.05) is 5.32 Å². The molecule has 5 heteroatoms. The van der Waals surface area contributed by atoms with Gasteiger partial charge in [0, 0.05) is 16.6 Å². The summed E-state index contributed by atoms with van der Waals surface area (Å²) in [6.45, 7) is 2.09. The van der Waals surface area contributed by atoms with E-state index in [0.717, 1.165) is 37.1 Å². The van der Waals surface area contributed by atoms with E-state index in [2.05, 4.69) is 17.2 Å². The number of pyridine rings is 1. The molecule has 1 fully saturated rings. The van der Waals surface area contributed by atoms with Crippen molar-refractivity contribution >= 4 is 16.6 Å². The minimum absolute atomic E-state index is 0.148. The number of hydrogen-bond donors (Lipinski definition) is 1. The highest BCUT2D eigenvalue weighted by molar-refractivity contribution is 5.91. The molecular weight excluding hydrogens is 289 g/mol. The first kappa shape index (κ1) is 15.1. The number of aromatic nitrogens is 1. The summed E-state index contributed by atoms with van der Waals surface area (Å²) in [7, 11) is 0. The van der Waals surface area contributed by atoms with E-state index in [1.807, 2.05) is 12.1 Å². The molecule has 0 spiro atoms. The first-order valence-corrected chi connectivity index (χ1v) is 7.63. The molecule has 0 saturated heterocycles. The third kappa shape index (κ3) is 3.03. The van der Waals surface area contributed by atoms with Gasteiger partial charge in [-0.15, -0.1) is 0 Å². The maximum atomic E-state index is 13.1. The Morgan fingerprint density at radius 3 is 2.45 bits per heavy atom. The first-order chi connectivity index (χ1) is 10.4. The summed E-state index contributed by atoms with van der Waals surface area (Å²) in [4.78, 5) is 3.76. The summed E-state index contributed by atoms with van der Waals surface area (Å²) in [5, 5.41) is 4.11.